The third kappa shape index (κ3) is 6.25. The molecular formula is C20H29IN4S. The molecule has 0 saturated carbocycles. The fraction of sp³-hybridized carbons (Fsp3) is 0.450. The van der Waals surface area contributed by atoms with Crippen LogP contribution in [0.15, 0.2) is 41.4 Å². The summed E-state index contributed by atoms with van der Waals surface area (Å²) in [6.45, 7) is 7.30. The summed E-state index contributed by atoms with van der Waals surface area (Å²) in [4.78, 5) is 9.55. The molecule has 1 aromatic carbocycles. The summed E-state index contributed by atoms with van der Waals surface area (Å²) in [6, 6.07) is 13.2. The second-order valence-electron chi connectivity index (χ2n) is 6.51. The van der Waals surface area contributed by atoms with Crippen LogP contribution < -0.4 is 10.6 Å². The number of nitrogens with one attached hydrogen (secondary N) is 2. The molecule has 0 atom stereocenters. The molecule has 0 saturated heterocycles. The third-order valence-electron chi connectivity index (χ3n) is 4.60. The Morgan fingerprint density at radius 2 is 1.96 bits per heavy atom. The number of rotatable bonds is 6. The van der Waals surface area contributed by atoms with Crippen LogP contribution in [0.1, 0.15) is 27.3 Å². The molecule has 6 heteroatoms. The summed E-state index contributed by atoms with van der Waals surface area (Å²) < 4.78 is 0. The lowest BCUT2D eigenvalue weighted by Gasteiger charge is -2.28. The van der Waals surface area contributed by atoms with Crippen molar-refractivity contribution in [3.05, 3.63) is 57.3 Å². The predicted molar refractivity (Wildman–Crippen MR) is 123 cm³/mol. The van der Waals surface area contributed by atoms with Gasteiger partial charge in [-0.25, -0.2) is 0 Å². The van der Waals surface area contributed by atoms with Crippen molar-refractivity contribution in [2.24, 2.45) is 4.99 Å². The summed E-state index contributed by atoms with van der Waals surface area (Å²) >= 11 is 1.83. The molecule has 0 aliphatic carbocycles. The molecule has 0 bridgehead atoms. The number of hydrogen-bond donors (Lipinski definition) is 2. The molecule has 26 heavy (non-hydrogen) atoms. The fourth-order valence-corrected chi connectivity index (χ4v) is 4.06. The first kappa shape index (κ1) is 21.2. The predicted octanol–water partition coefficient (Wildman–Crippen LogP) is 3.79. The van der Waals surface area contributed by atoms with Gasteiger partial charge in [0, 0.05) is 43.0 Å². The topological polar surface area (TPSA) is 39.7 Å². The molecule has 0 fully saturated rings. The van der Waals surface area contributed by atoms with Crippen molar-refractivity contribution < 1.29 is 0 Å². The minimum atomic E-state index is 0. The Morgan fingerprint density at radius 1 is 1.15 bits per heavy atom. The number of nitrogens with zero attached hydrogens (tertiary/aromatic N) is 2. The van der Waals surface area contributed by atoms with Crippen LogP contribution in [-0.2, 0) is 19.5 Å². The van der Waals surface area contributed by atoms with E-state index < -0.39 is 0 Å². The van der Waals surface area contributed by atoms with Crippen molar-refractivity contribution in [2.75, 3.05) is 26.7 Å². The molecule has 0 radical (unpaired) electrons. The van der Waals surface area contributed by atoms with Crippen molar-refractivity contribution in [1.29, 1.82) is 0 Å². The van der Waals surface area contributed by atoms with Crippen LogP contribution in [0, 0.1) is 6.92 Å². The maximum absolute atomic E-state index is 4.31. The smallest absolute Gasteiger partial charge is 0.191 e. The number of aliphatic imine (C=N–C) groups is 1. The van der Waals surface area contributed by atoms with Crippen molar-refractivity contribution in [3.63, 3.8) is 0 Å². The van der Waals surface area contributed by atoms with E-state index in [1.807, 2.05) is 18.4 Å². The molecular weight excluding hydrogens is 455 g/mol. The summed E-state index contributed by atoms with van der Waals surface area (Å²) in [7, 11) is 1.83. The SMILES string of the molecule is CN=C(NCCCN1CCc2ccccc2C1)NCc1ccc(C)s1.I. The van der Waals surface area contributed by atoms with E-state index in [1.54, 1.807) is 0 Å². The van der Waals surface area contributed by atoms with Gasteiger partial charge in [-0.15, -0.1) is 35.3 Å². The van der Waals surface area contributed by atoms with E-state index in [4.69, 9.17) is 0 Å². The quantitative estimate of drug-likeness (QED) is 0.284. The number of fused-ring (bicyclic) bond motifs is 1. The Bertz CT molecular complexity index is 713. The molecule has 2 aromatic rings. The van der Waals surface area contributed by atoms with E-state index in [2.05, 4.69) is 63.8 Å². The second-order valence-corrected chi connectivity index (χ2v) is 7.89. The lowest BCUT2D eigenvalue weighted by molar-refractivity contribution is 0.251. The minimum Gasteiger partial charge on any atom is -0.356 e. The van der Waals surface area contributed by atoms with Crippen LogP contribution in [0.25, 0.3) is 0 Å². The number of halogens is 1. The van der Waals surface area contributed by atoms with Gasteiger partial charge in [0.25, 0.3) is 0 Å². The molecule has 3 rings (SSSR count). The Morgan fingerprint density at radius 3 is 2.69 bits per heavy atom. The Balaban J connectivity index is 0.00000243. The summed E-state index contributed by atoms with van der Waals surface area (Å²) in [5, 5.41) is 6.81. The summed E-state index contributed by atoms with van der Waals surface area (Å²) in [5.74, 6) is 0.884. The highest BCUT2D eigenvalue weighted by atomic mass is 127. The zero-order valence-corrected chi connectivity index (χ0v) is 18.8. The third-order valence-corrected chi connectivity index (χ3v) is 5.60. The normalized spacial score (nSPS) is 14.5. The van der Waals surface area contributed by atoms with E-state index >= 15 is 0 Å². The molecule has 142 valence electrons. The van der Waals surface area contributed by atoms with Crippen LogP contribution in [-0.4, -0.2) is 37.5 Å². The van der Waals surface area contributed by atoms with Crippen LogP contribution in [0.5, 0.6) is 0 Å². The zero-order chi connectivity index (χ0) is 17.5. The van der Waals surface area contributed by atoms with Crippen molar-refractivity contribution >= 4 is 41.3 Å². The first-order valence-electron chi connectivity index (χ1n) is 9.03. The highest BCUT2D eigenvalue weighted by Crippen LogP contribution is 2.18. The van der Waals surface area contributed by atoms with E-state index in [1.165, 1.54) is 33.8 Å². The zero-order valence-electron chi connectivity index (χ0n) is 15.6. The monoisotopic (exact) mass is 484 g/mol. The van der Waals surface area contributed by atoms with Gasteiger partial charge < -0.3 is 10.6 Å². The Labute approximate surface area is 178 Å². The van der Waals surface area contributed by atoms with E-state index in [-0.39, 0.29) is 24.0 Å². The maximum Gasteiger partial charge on any atom is 0.191 e. The number of hydrogen-bond acceptors (Lipinski definition) is 3. The van der Waals surface area contributed by atoms with Crippen LogP contribution >= 0.6 is 35.3 Å². The van der Waals surface area contributed by atoms with Gasteiger partial charge in [0.2, 0.25) is 0 Å². The Hall–Kier alpha value is -1.12. The molecule has 4 nitrogen and oxygen atoms in total. The van der Waals surface area contributed by atoms with Crippen LogP contribution in [0.2, 0.25) is 0 Å². The van der Waals surface area contributed by atoms with Crippen molar-refractivity contribution in [1.82, 2.24) is 15.5 Å². The number of thiophene rings is 1. The molecule has 2 heterocycles. The average molecular weight is 484 g/mol. The van der Waals surface area contributed by atoms with Gasteiger partial charge in [0.05, 0.1) is 6.54 Å². The van der Waals surface area contributed by atoms with Gasteiger partial charge in [-0.1, -0.05) is 24.3 Å². The summed E-state index contributed by atoms with van der Waals surface area (Å²) in [6.07, 6.45) is 2.30. The number of aryl methyl sites for hydroxylation is 1. The molecule has 0 amide bonds. The van der Waals surface area contributed by atoms with E-state index in [0.29, 0.717) is 0 Å². The van der Waals surface area contributed by atoms with Crippen molar-refractivity contribution in [3.8, 4) is 0 Å². The number of guanidine groups is 1. The summed E-state index contributed by atoms with van der Waals surface area (Å²) in [5.41, 5.74) is 3.01. The van der Waals surface area contributed by atoms with E-state index in [0.717, 1.165) is 38.6 Å². The Kier molecular flexibility index (Phi) is 8.87. The fourth-order valence-electron chi connectivity index (χ4n) is 3.23. The van der Waals surface area contributed by atoms with Gasteiger partial charge in [0.1, 0.15) is 0 Å². The molecule has 1 aliphatic heterocycles. The molecule has 1 aromatic heterocycles. The lowest BCUT2D eigenvalue weighted by Crippen LogP contribution is -2.38. The second kappa shape index (κ2) is 10.9. The van der Waals surface area contributed by atoms with Crippen molar-refractivity contribution in [2.45, 2.75) is 32.9 Å². The number of benzene rings is 1. The van der Waals surface area contributed by atoms with Gasteiger partial charge in [0.15, 0.2) is 5.96 Å². The largest absolute Gasteiger partial charge is 0.356 e. The highest BCUT2D eigenvalue weighted by molar-refractivity contribution is 14.0. The average Bonchev–Trinajstić information content (AvgIpc) is 3.06. The molecule has 1 aliphatic rings. The van der Waals surface area contributed by atoms with Crippen LogP contribution in [0.4, 0.5) is 0 Å². The molecule has 0 unspecified atom stereocenters. The van der Waals surface area contributed by atoms with Crippen LogP contribution in [0.3, 0.4) is 0 Å². The van der Waals surface area contributed by atoms with Gasteiger partial charge in [-0.05, 0) is 43.0 Å². The van der Waals surface area contributed by atoms with Gasteiger partial charge in [-0.3, -0.25) is 9.89 Å². The molecule has 2 N–H and O–H groups in total. The molecule has 0 spiro atoms. The first-order chi connectivity index (χ1) is 12.2. The first-order valence-corrected chi connectivity index (χ1v) is 9.85. The van der Waals surface area contributed by atoms with E-state index in [9.17, 15) is 0 Å². The lowest BCUT2D eigenvalue weighted by atomic mass is 10.00. The standard InChI is InChI=1S/C20H28N4S.HI/c1-16-8-9-19(25-16)14-23-20(21-2)22-11-5-12-24-13-10-17-6-3-4-7-18(17)15-24;/h3-4,6-9H,5,10-15H2,1-2H3,(H2,21,22,23);1H. The highest BCUT2D eigenvalue weighted by Gasteiger charge is 2.14. The maximum atomic E-state index is 4.31. The minimum absolute atomic E-state index is 0. The van der Waals surface area contributed by atoms with Gasteiger partial charge >= 0.3 is 0 Å². The van der Waals surface area contributed by atoms with Gasteiger partial charge in [-0.2, -0.15) is 0 Å².